The SMILES string of the molecule is NC1CN(C(=O)c2ccc(C3CCC4(CC3)OOC3(OO4)C4CC5CC(C4)CC3C5)cc2)C1. The Morgan fingerprint density at radius 1 is 0.848 bits per heavy atom. The fourth-order valence-corrected chi connectivity index (χ4v) is 7.74. The van der Waals surface area contributed by atoms with Crippen LogP contribution in [0.15, 0.2) is 24.3 Å². The quantitative estimate of drug-likeness (QED) is 0.683. The molecule has 7 aliphatic rings. The maximum Gasteiger partial charge on any atom is 0.253 e. The number of rotatable bonds is 2. The normalized spacial score (nSPS) is 44.4. The Morgan fingerprint density at radius 2 is 1.42 bits per heavy atom. The Balaban J connectivity index is 0.969. The Kier molecular flexibility index (Phi) is 4.73. The van der Waals surface area contributed by atoms with Crippen LogP contribution in [-0.4, -0.2) is 41.5 Å². The first-order valence-corrected chi connectivity index (χ1v) is 12.9. The van der Waals surface area contributed by atoms with Gasteiger partial charge in [-0.15, -0.1) is 0 Å². The molecule has 5 saturated carbocycles. The molecule has 2 N–H and O–H groups in total. The van der Waals surface area contributed by atoms with Gasteiger partial charge >= 0.3 is 0 Å². The van der Waals surface area contributed by atoms with Crippen molar-refractivity contribution >= 4 is 5.91 Å². The van der Waals surface area contributed by atoms with E-state index in [0.29, 0.717) is 30.8 Å². The predicted molar refractivity (Wildman–Crippen MR) is 118 cm³/mol. The first-order valence-electron chi connectivity index (χ1n) is 12.9. The monoisotopic (exact) mass is 454 g/mol. The van der Waals surface area contributed by atoms with E-state index in [2.05, 4.69) is 12.1 Å². The Hall–Kier alpha value is -1.51. The lowest BCUT2D eigenvalue weighted by Gasteiger charge is -2.60. The van der Waals surface area contributed by atoms with E-state index in [9.17, 15) is 4.79 Å². The molecule has 1 aromatic carbocycles. The molecule has 0 atom stereocenters. The summed E-state index contributed by atoms with van der Waals surface area (Å²) in [5.41, 5.74) is 7.80. The second-order valence-corrected chi connectivity index (χ2v) is 11.6. The van der Waals surface area contributed by atoms with Gasteiger partial charge < -0.3 is 10.6 Å². The van der Waals surface area contributed by atoms with Crippen molar-refractivity contribution in [2.45, 2.75) is 81.3 Å². The van der Waals surface area contributed by atoms with E-state index in [0.717, 1.165) is 43.1 Å². The highest BCUT2D eigenvalue weighted by Crippen LogP contribution is 2.62. The molecule has 2 spiro atoms. The van der Waals surface area contributed by atoms with Crippen LogP contribution in [0.4, 0.5) is 0 Å². The van der Waals surface area contributed by atoms with Gasteiger partial charge in [-0.3, -0.25) is 4.79 Å². The standard InChI is InChI=1S/C26H34N2O5/c27-23-14-28(15-23)24(29)20-3-1-18(2-4-20)19-5-7-25(8-6-19)30-32-26(33-31-25)21-10-16-9-17(12-21)13-22(26)11-16/h1-4,16-17,19,21-23H,5-15,27H2. The summed E-state index contributed by atoms with van der Waals surface area (Å²) < 4.78 is 0. The van der Waals surface area contributed by atoms with Crippen molar-refractivity contribution in [1.82, 2.24) is 4.90 Å². The molecule has 0 aromatic heterocycles. The number of benzene rings is 1. The van der Waals surface area contributed by atoms with Crippen LogP contribution in [0, 0.1) is 23.7 Å². The molecular weight excluding hydrogens is 420 g/mol. The number of likely N-dealkylation sites (tertiary alicyclic amines) is 1. The summed E-state index contributed by atoms with van der Waals surface area (Å²) in [6.07, 6.45) is 9.44. The average molecular weight is 455 g/mol. The van der Waals surface area contributed by atoms with Gasteiger partial charge in [0, 0.05) is 49.4 Å². The number of nitrogens with two attached hydrogens (primary N) is 1. The number of amides is 1. The summed E-state index contributed by atoms with van der Waals surface area (Å²) >= 11 is 0. The largest absolute Gasteiger partial charge is 0.335 e. The second kappa shape index (κ2) is 7.49. The highest BCUT2D eigenvalue weighted by molar-refractivity contribution is 5.94. The summed E-state index contributed by atoms with van der Waals surface area (Å²) in [5.74, 6) is 1.49. The van der Waals surface area contributed by atoms with Crippen molar-refractivity contribution in [3.8, 4) is 0 Å². The molecule has 7 heteroatoms. The molecule has 1 aromatic rings. The van der Waals surface area contributed by atoms with Crippen LogP contribution in [0.5, 0.6) is 0 Å². The third kappa shape index (κ3) is 3.31. The molecule has 8 rings (SSSR count). The topological polar surface area (TPSA) is 83.3 Å². The molecule has 178 valence electrons. The fourth-order valence-electron chi connectivity index (χ4n) is 7.74. The first-order chi connectivity index (χ1) is 16.0. The Morgan fingerprint density at radius 3 is 1.97 bits per heavy atom. The van der Waals surface area contributed by atoms with Gasteiger partial charge in [0.2, 0.25) is 11.6 Å². The molecular formula is C26H34N2O5. The molecule has 2 saturated heterocycles. The maximum atomic E-state index is 12.5. The number of hydrogen-bond acceptors (Lipinski definition) is 6. The van der Waals surface area contributed by atoms with Crippen LogP contribution in [0.3, 0.4) is 0 Å². The third-order valence-corrected chi connectivity index (χ3v) is 9.50. The van der Waals surface area contributed by atoms with E-state index in [1.165, 1.54) is 37.7 Å². The highest BCUT2D eigenvalue weighted by Gasteiger charge is 2.64. The van der Waals surface area contributed by atoms with E-state index in [-0.39, 0.29) is 11.9 Å². The zero-order valence-corrected chi connectivity index (χ0v) is 19.1. The van der Waals surface area contributed by atoms with Gasteiger partial charge in [0.15, 0.2) is 0 Å². The van der Waals surface area contributed by atoms with Gasteiger partial charge in [-0.2, -0.15) is 19.6 Å². The first kappa shape index (κ1) is 20.8. The van der Waals surface area contributed by atoms with Gasteiger partial charge in [-0.1, -0.05) is 12.1 Å². The second-order valence-electron chi connectivity index (χ2n) is 11.6. The zero-order chi connectivity index (χ0) is 22.2. The fraction of sp³-hybridized carbons (Fsp3) is 0.731. The summed E-state index contributed by atoms with van der Waals surface area (Å²) in [6, 6.07) is 8.20. The third-order valence-electron chi connectivity index (χ3n) is 9.50. The van der Waals surface area contributed by atoms with Crippen molar-refractivity contribution < 1.29 is 24.3 Å². The van der Waals surface area contributed by atoms with Crippen LogP contribution >= 0.6 is 0 Å². The minimum atomic E-state index is -0.789. The van der Waals surface area contributed by atoms with Gasteiger partial charge in [-0.05, 0) is 80.4 Å². The molecule has 0 radical (unpaired) electrons. The van der Waals surface area contributed by atoms with Crippen molar-refractivity contribution in [3.63, 3.8) is 0 Å². The molecule has 7 fully saturated rings. The summed E-state index contributed by atoms with van der Waals surface area (Å²) in [5, 5.41) is 0. The van der Waals surface area contributed by atoms with Crippen molar-refractivity contribution in [2.75, 3.05) is 13.1 Å². The zero-order valence-electron chi connectivity index (χ0n) is 19.1. The summed E-state index contributed by atoms with van der Waals surface area (Å²) in [7, 11) is 0. The minimum Gasteiger partial charge on any atom is -0.335 e. The van der Waals surface area contributed by atoms with Crippen LogP contribution in [-0.2, 0) is 19.6 Å². The Labute approximate surface area is 194 Å². The highest BCUT2D eigenvalue weighted by atomic mass is 17.4. The van der Waals surface area contributed by atoms with E-state index >= 15 is 0 Å². The van der Waals surface area contributed by atoms with Crippen LogP contribution < -0.4 is 5.73 Å². The van der Waals surface area contributed by atoms with Gasteiger partial charge in [0.25, 0.3) is 5.91 Å². The van der Waals surface area contributed by atoms with Crippen LogP contribution in [0.1, 0.15) is 79.6 Å². The minimum absolute atomic E-state index is 0.0721. The molecule has 2 heterocycles. The van der Waals surface area contributed by atoms with E-state index < -0.39 is 11.6 Å². The lowest BCUT2D eigenvalue weighted by molar-refractivity contribution is -0.680. The smallest absolute Gasteiger partial charge is 0.253 e. The number of carbonyl (C=O) groups is 1. The van der Waals surface area contributed by atoms with Gasteiger partial charge in [-0.25, -0.2) is 0 Å². The average Bonchev–Trinajstić information content (AvgIpc) is 2.82. The maximum absolute atomic E-state index is 12.5. The molecule has 1 amide bonds. The van der Waals surface area contributed by atoms with Gasteiger partial charge in [0.1, 0.15) is 0 Å². The van der Waals surface area contributed by atoms with Crippen molar-refractivity contribution in [1.29, 1.82) is 0 Å². The lowest BCUT2D eigenvalue weighted by atomic mass is 9.53. The Bertz CT molecular complexity index is 879. The van der Waals surface area contributed by atoms with E-state index in [4.69, 9.17) is 25.3 Å². The molecule has 5 aliphatic carbocycles. The molecule has 7 nitrogen and oxygen atoms in total. The summed E-state index contributed by atoms with van der Waals surface area (Å²) in [4.78, 5) is 38.8. The molecule has 33 heavy (non-hydrogen) atoms. The van der Waals surface area contributed by atoms with Crippen molar-refractivity contribution in [3.05, 3.63) is 35.4 Å². The number of nitrogens with zero attached hydrogens (tertiary/aromatic N) is 1. The predicted octanol–water partition coefficient (Wildman–Crippen LogP) is 3.89. The lowest BCUT2D eigenvalue weighted by Crippen LogP contribution is -2.64. The van der Waals surface area contributed by atoms with Gasteiger partial charge in [0.05, 0.1) is 0 Å². The van der Waals surface area contributed by atoms with E-state index in [1.807, 2.05) is 12.1 Å². The molecule has 4 bridgehead atoms. The molecule has 2 aliphatic heterocycles. The number of hydrogen-bond donors (Lipinski definition) is 1. The van der Waals surface area contributed by atoms with Crippen molar-refractivity contribution in [2.24, 2.45) is 29.4 Å². The van der Waals surface area contributed by atoms with Crippen LogP contribution in [0.25, 0.3) is 0 Å². The van der Waals surface area contributed by atoms with Crippen LogP contribution in [0.2, 0.25) is 0 Å². The number of carbonyl (C=O) groups excluding carboxylic acids is 1. The van der Waals surface area contributed by atoms with E-state index in [1.54, 1.807) is 4.90 Å². The molecule has 0 unspecified atom stereocenters. The summed E-state index contributed by atoms with van der Waals surface area (Å²) in [6.45, 7) is 1.30.